The van der Waals surface area contributed by atoms with Crippen LogP contribution in [-0.2, 0) is 9.59 Å². The minimum atomic E-state index is -0.622. The van der Waals surface area contributed by atoms with Crippen molar-refractivity contribution < 1.29 is 19.1 Å². The van der Waals surface area contributed by atoms with Gasteiger partial charge in [0.05, 0.1) is 14.2 Å². The van der Waals surface area contributed by atoms with Crippen LogP contribution in [0.25, 0.3) is 0 Å². The third kappa shape index (κ3) is 3.88. The highest BCUT2D eigenvalue weighted by Crippen LogP contribution is 2.27. The highest BCUT2D eigenvalue weighted by atomic mass is 32.2. The van der Waals surface area contributed by atoms with Crippen LogP contribution in [0.5, 0.6) is 11.5 Å². The second kappa shape index (κ2) is 6.49. The molecule has 3 N–H and O–H groups in total. The van der Waals surface area contributed by atoms with Crippen LogP contribution in [0.3, 0.4) is 0 Å². The lowest BCUT2D eigenvalue weighted by atomic mass is 10.2. The van der Waals surface area contributed by atoms with Gasteiger partial charge in [-0.1, -0.05) is 11.8 Å². The molecule has 21 heavy (non-hydrogen) atoms. The number of benzene rings is 1. The molecule has 7 nitrogen and oxygen atoms in total. The van der Waals surface area contributed by atoms with E-state index in [0.29, 0.717) is 17.2 Å². The van der Waals surface area contributed by atoms with E-state index < -0.39 is 5.25 Å². The van der Waals surface area contributed by atoms with Crippen LogP contribution in [0.4, 0.5) is 5.69 Å². The summed E-state index contributed by atoms with van der Waals surface area (Å²) < 4.78 is 10.2. The SMILES string of the molecule is COc1cc(NC(=O)C2CC(=O)NC(=N)S2)cc(OC)c1. The predicted octanol–water partition coefficient (Wildman–Crippen LogP) is 1.20. The first kappa shape index (κ1) is 15.2. The van der Waals surface area contributed by atoms with Crippen molar-refractivity contribution in [3.05, 3.63) is 18.2 Å². The Morgan fingerprint density at radius 1 is 1.33 bits per heavy atom. The molecule has 1 fully saturated rings. The van der Waals surface area contributed by atoms with Crippen molar-refractivity contribution in [1.29, 1.82) is 5.41 Å². The van der Waals surface area contributed by atoms with Gasteiger partial charge in [0.1, 0.15) is 16.7 Å². The fourth-order valence-corrected chi connectivity index (χ4v) is 2.67. The molecule has 1 saturated heterocycles. The van der Waals surface area contributed by atoms with Crippen molar-refractivity contribution in [3.63, 3.8) is 0 Å². The molecule has 2 amide bonds. The maximum Gasteiger partial charge on any atom is 0.238 e. The van der Waals surface area contributed by atoms with Crippen LogP contribution in [0.1, 0.15) is 6.42 Å². The minimum Gasteiger partial charge on any atom is -0.497 e. The topological polar surface area (TPSA) is 101 Å². The van der Waals surface area contributed by atoms with Crippen LogP contribution in [0, 0.1) is 5.41 Å². The van der Waals surface area contributed by atoms with Crippen molar-refractivity contribution >= 4 is 34.4 Å². The van der Waals surface area contributed by atoms with Gasteiger partial charge in [0.2, 0.25) is 11.8 Å². The fraction of sp³-hybridized carbons (Fsp3) is 0.308. The first-order valence-electron chi connectivity index (χ1n) is 6.11. The molecule has 112 valence electrons. The molecular weight excluding hydrogens is 294 g/mol. The first-order chi connectivity index (χ1) is 10.0. The van der Waals surface area contributed by atoms with Gasteiger partial charge in [-0.05, 0) is 0 Å². The Morgan fingerprint density at radius 2 is 1.95 bits per heavy atom. The molecule has 0 aliphatic carbocycles. The largest absolute Gasteiger partial charge is 0.497 e. The normalized spacial score (nSPS) is 17.9. The Kier molecular flexibility index (Phi) is 4.69. The molecule has 1 aromatic carbocycles. The average Bonchev–Trinajstić information content (AvgIpc) is 2.45. The number of methoxy groups -OCH3 is 2. The summed E-state index contributed by atoms with van der Waals surface area (Å²) >= 11 is 1.01. The molecule has 1 atom stereocenters. The lowest BCUT2D eigenvalue weighted by Gasteiger charge is -2.21. The van der Waals surface area contributed by atoms with E-state index >= 15 is 0 Å². The first-order valence-corrected chi connectivity index (χ1v) is 6.99. The zero-order valence-electron chi connectivity index (χ0n) is 11.6. The molecule has 1 aliphatic heterocycles. The Morgan fingerprint density at radius 3 is 2.48 bits per heavy atom. The molecule has 1 aliphatic rings. The van der Waals surface area contributed by atoms with Crippen LogP contribution >= 0.6 is 11.8 Å². The Bertz CT molecular complexity index is 553. The summed E-state index contributed by atoms with van der Waals surface area (Å²) in [6.07, 6.45) is 0.0417. The number of thioether (sulfide) groups is 1. The third-order valence-corrected chi connectivity index (χ3v) is 3.80. The van der Waals surface area contributed by atoms with Crippen molar-refractivity contribution in [3.8, 4) is 11.5 Å². The van der Waals surface area contributed by atoms with Gasteiger partial charge in [-0.25, -0.2) is 0 Å². The molecular formula is C13H15N3O4S. The van der Waals surface area contributed by atoms with Crippen molar-refractivity contribution in [1.82, 2.24) is 5.32 Å². The molecule has 2 rings (SSSR count). The molecule has 0 aromatic heterocycles. The number of nitrogens with one attached hydrogen (secondary N) is 3. The second-order valence-electron chi connectivity index (χ2n) is 4.28. The highest BCUT2D eigenvalue weighted by molar-refractivity contribution is 8.15. The lowest BCUT2D eigenvalue weighted by molar-refractivity contribution is -0.123. The number of amides is 2. The molecule has 1 heterocycles. The second-order valence-corrected chi connectivity index (χ2v) is 5.49. The van der Waals surface area contributed by atoms with E-state index in [1.807, 2.05) is 0 Å². The van der Waals surface area contributed by atoms with Gasteiger partial charge < -0.3 is 20.1 Å². The number of carbonyl (C=O) groups excluding carboxylic acids is 2. The maximum atomic E-state index is 12.2. The third-order valence-electron chi connectivity index (χ3n) is 2.80. The summed E-state index contributed by atoms with van der Waals surface area (Å²) in [5.41, 5.74) is 0.509. The highest BCUT2D eigenvalue weighted by Gasteiger charge is 2.29. The molecule has 0 bridgehead atoms. The minimum absolute atomic E-state index is 0.0189. The van der Waals surface area contributed by atoms with Gasteiger partial charge in [-0.15, -0.1) is 0 Å². The van der Waals surface area contributed by atoms with Gasteiger partial charge in [0.25, 0.3) is 0 Å². The van der Waals surface area contributed by atoms with Gasteiger partial charge in [0.15, 0.2) is 5.17 Å². The van der Waals surface area contributed by atoms with E-state index in [1.54, 1.807) is 18.2 Å². The van der Waals surface area contributed by atoms with Crippen molar-refractivity contribution in [2.24, 2.45) is 0 Å². The molecule has 0 radical (unpaired) electrons. The number of hydrogen-bond acceptors (Lipinski definition) is 6. The van der Waals surface area contributed by atoms with E-state index in [-0.39, 0.29) is 23.4 Å². The zero-order valence-corrected chi connectivity index (χ0v) is 12.4. The summed E-state index contributed by atoms with van der Waals surface area (Å²) in [4.78, 5) is 23.5. The van der Waals surface area contributed by atoms with Crippen LogP contribution < -0.4 is 20.1 Å². The monoisotopic (exact) mass is 309 g/mol. The van der Waals surface area contributed by atoms with Crippen molar-refractivity contribution in [2.45, 2.75) is 11.7 Å². The Hall–Kier alpha value is -2.22. The van der Waals surface area contributed by atoms with Crippen LogP contribution in [0.15, 0.2) is 18.2 Å². The molecule has 1 unspecified atom stereocenters. The number of amidine groups is 1. The number of anilines is 1. The Labute approximate surface area is 125 Å². The summed E-state index contributed by atoms with van der Waals surface area (Å²) in [6, 6.07) is 4.99. The van der Waals surface area contributed by atoms with E-state index in [1.165, 1.54) is 14.2 Å². The van der Waals surface area contributed by atoms with Gasteiger partial charge >= 0.3 is 0 Å². The number of ether oxygens (including phenoxy) is 2. The molecule has 8 heteroatoms. The van der Waals surface area contributed by atoms with Crippen molar-refractivity contribution in [2.75, 3.05) is 19.5 Å². The molecule has 1 aromatic rings. The summed E-state index contributed by atoms with van der Waals surface area (Å²) in [6.45, 7) is 0. The van der Waals surface area contributed by atoms with Crippen LogP contribution in [0.2, 0.25) is 0 Å². The number of hydrogen-bond donors (Lipinski definition) is 3. The van der Waals surface area contributed by atoms with E-state index in [2.05, 4.69) is 10.6 Å². The summed E-state index contributed by atoms with van der Waals surface area (Å²) in [5.74, 6) is 0.426. The Balaban J connectivity index is 2.11. The number of carbonyl (C=O) groups is 2. The zero-order chi connectivity index (χ0) is 15.4. The van der Waals surface area contributed by atoms with Gasteiger partial charge in [0, 0.05) is 30.3 Å². The van der Waals surface area contributed by atoms with E-state index in [9.17, 15) is 9.59 Å². The molecule has 0 spiro atoms. The quantitative estimate of drug-likeness (QED) is 0.776. The standard InChI is InChI=1S/C13H15N3O4S/c1-19-8-3-7(4-9(5-8)20-2)15-12(18)10-6-11(17)16-13(14)21-10/h3-5,10H,6H2,1-2H3,(H,15,18)(H2,14,16,17). The maximum absolute atomic E-state index is 12.2. The predicted molar refractivity (Wildman–Crippen MR) is 80.0 cm³/mol. The van der Waals surface area contributed by atoms with E-state index in [4.69, 9.17) is 14.9 Å². The van der Waals surface area contributed by atoms with E-state index in [0.717, 1.165) is 11.8 Å². The van der Waals surface area contributed by atoms with Crippen LogP contribution in [-0.4, -0.2) is 36.5 Å². The fourth-order valence-electron chi connectivity index (χ4n) is 1.81. The molecule has 0 saturated carbocycles. The number of rotatable bonds is 4. The summed E-state index contributed by atoms with van der Waals surface area (Å²) in [5, 5.41) is 11.9. The lowest BCUT2D eigenvalue weighted by Crippen LogP contribution is -2.41. The van der Waals surface area contributed by atoms with Gasteiger partial charge in [-0.3, -0.25) is 15.0 Å². The van der Waals surface area contributed by atoms with Gasteiger partial charge in [-0.2, -0.15) is 0 Å². The summed E-state index contributed by atoms with van der Waals surface area (Å²) in [7, 11) is 3.03. The smallest absolute Gasteiger partial charge is 0.238 e. The average molecular weight is 309 g/mol.